The van der Waals surface area contributed by atoms with E-state index >= 15 is 0 Å². The summed E-state index contributed by atoms with van der Waals surface area (Å²) in [5.74, 6) is -0.316. The summed E-state index contributed by atoms with van der Waals surface area (Å²) in [5, 5.41) is 13.0. The SMILES string of the molecule is CC(C)(C)OC(=O)N1CCc2cc(NC(=O)c3nnc(Cc4ccc(Cl)c(Cl)c4)s3)ccc2C1. The lowest BCUT2D eigenvalue weighted by Gasteiger charge is -2.31. The van der Waals surface area contributed by atoms with Crippen molar-refractivity contribution in [2.75, 3.05) is 11.9 Å². The van der Waals surface area contributed by atoms with Gasteiger partial charge < -0.3 is 15.0 Å². The van der Waals surface area contributed by atoms with E-state index in [4.69, 9.17) is 27.9 Å². The van der Waals surface area contributed by atoms with E-state index in [-0.39, 0.29) is 17.0 Å². The second-order valence-corrected chi connectivity index (χ2v) is 10.9. The molecule has 4 rings (SSSR count). The molecule has 1 N–H and O–H groups in total. The van der Waals surface area contributed by atoms with Crippen molar-refractivity contribution >= 4 is 52.2 Å². The summed E-state index contributed by atoms with van der Waals surface area (Å²) in [7, 11) is 0. The summed E-state index contributed by atoms with van der Waals surface area (Å²) in [6.45, 7) is 6.60. The number of carbonyl (C=O) groups is 2. The highest BCUT2D eigenvalue weighted by Crippen LogP contribution is 2.26. The van der Waals surface area contributed by atoms with Crippen LogP contribution in [0.5, 0.6) is 0 Å². The summed E-state index contributed by atoms with van der Waals surface area (Å²) < 4.78 is 5.47. The first kappa shape index (κ1) is 24.4. The van der Waals surface area contributed by atoms with Gasteiger partial charge in [0.1, 0.15) is 10.6 Å². The van der Waals surface area contributed by atoms with E-state index in [1.165, 1.54) is 11.3 Å². The number of aromatic nitrogens is 2. The Hall–Kier alpha value is -2.68. The average molecular weight is 519 g/mol. The molecule has 7 nitrogen and oxygen atoms in total. The first-order valence-electron chi connectivity index (χ1n) is 10.7. The van der Waals surface area contributed by atoms with Gasteiger partial charge in [0, 0.05) is 25.2 Å². The highest BCUT2D eigenvalue weighted by atomic mass is 35.5. The molecule has 0 saturated heterocycles. The van der Waals surface area contributed by atoms with Gasteiger partial charge in [0.2, 0.25) is 5.01 Å². The van der Waals surface area contributed by atoms with Crippen molar-refractivity contribution in [3.8, 4) is 0 Å². The average Bonchev–Trinajstić information content (AvgIpc) is 3.23. The molecule has 178 valence electrons. The van der Waals surface area contributed by atoms with Crippen LogP contribution in [0, 0.1) is 0 Å². The zero-order chi connectivity index (χ0) is 24.5. The number of rotatable bonds is 4. The second-order valence-electron chi connectivity index (χ2n) is 9.02. The monoisotopic (exact) mass is 518 g/mol. The molecule has 2 aromatic carbocycles. The number of fused-ring (bicyclic) bond motifs is 1. The summed E-state index contributed by atoms with van der Waals surface area (Å²) in [5.41, 5.74) is 3.21. The third kappa shape index (κ3) is 6.05. The van der Waals surface area contributed by atoms with Crippen molar-refractivity contribution in [1.82, 2.24) is 15.1 Å². The Morgan fingerprint density at radius 3 is 2.62 bits per heavy atom. The molecule has 1 aromatic heterocycles. The molecule has 10 heteroatoms. The molecule has 1 aliphatic heterocycles. The lowest BCUT2D eigenvalue weighted by molar-refractivity contribution is 0.0224. The van der Waals surface area contributed by atoms with Crippen LogP contribution in [0.25, 0.3) is 0 Å². The van der Waals surface area contributed by atoms with Crippen LogP contribution >= 0.6 is 34.5 Å². The van der Waals surface area contributed by atoms with Crippen molar-refractivity contribution < 1.29 is 14.3 Å². The number of anilines is 1. The van der Waals surface area contributed by atoms with E-state index in [1.807, 2.05) is 45.0 Å². The Morgan fingerprint density at radius 1 is 1.09 bits per heavy atom. The minimum atomic E-state index is -0.530. The molecule has 0 radical (unpaired) electrons. The van der Waals surface area contributed by atoms with Gasteiger partial charge in [-0.1, -0.05) is 46.7 Å². The van der Waals surface area contributed by atoms with Crippen molar-refractivity contribution in [3.63, 3.8) is 0 Å². The Morgan fingerprint density at radius 2 is 1.88 bits per heavy atom. The normalized spacial score (nSPS) is 13.4. The van der Waals surface area contributed by atoms with E-state index in [1.54, 1.807) is 17.0 Å². The Kier molecular flexibility index (Phi) is 7.12. The summed E-state index contributed by atoms with van der Waals surface area (Å²) in [4.78, 5) is 26.8. The molecule has 0 aliphatic carbocycles. The van der Waals surface area contributed by atoms with E-state index in [2.05, 4.69) is 15.5 Å². The lowest BCUT2D eigenvalue weighted by Crippen LogP contribution is -2.39. The molecule has 3 aromatic rings. The zero-order valence-electron chi connectivity index (χ0n) is 19.0. The molecule has 0 bridgehead atoms. The zero-order valence-corrected chi connectivity index (χ0v) is 21.4. The number of hydrogen-bond acceptors (Lipinski definition) is 6. The topological polar surface area (TPSA) is 84.4 Å². The molecule has 1 aliphatic rings. The molecule has 0 unspecified atom stereocenters. The van der Waals surface area contributed by atoms with Crippen LogP contribution in [-0.4, -0.2) is 39.2 Å². The van der Waals surface area contributed by atoms with Crippen molar-refractivity contribution in [3.05, 3.63) is 73.1 Å². The minimum absolute atomic E-state index is 0.281. The smallest absolute Gasteiger partial charge is 0.410 e. The minimum Gasteiger partial charge on any atom is -0.444 e. The fraction of sp³-hybridized carbons (Fsp3) is 0.333. The Bertz CT molecular complexity index is 1240. The predicted molar refractivity (Wildman–Crippen MR) is 134 cm³/mol. The quantitative estimate of drug-likeness (QED) is 0.459. The van der Waals surface area contributed by atoms with E-state index in [0.717, 1.165) is 16.7 Å². The number of nitrogens with zero attached hydrogens (tertiary/aromatic N) is 3. The number of carbonyl (C=O) groups excluding carboxylic acids is 2. The largest absolute Gasteiger partial charge is 0.444 e. The van der Waals surface area contributed by atoms with Gasteiger partial charge in [0.15, 0.2) is 0 Å². The second kappa shape index (κ2) is 9.90. The van der Waals surface area contributed by atoms with Crippen molar-refractivity contribution in [1.29, 1.82) is 0 Å². The molecule has 0 spiro atoms. The highest BCUT2D eigenvalue weighted by Gasteiger charge is 2.26. The van der Waals surface area contributed by atoms with Crippen LogP contribution in [0.3, 0.4) is 0 Å². The number of ether oxygens (including phenoxy) is 1. The van der Waals surface area contributed by atoms with Gasteiger partial charge in [-0.3, -0.25) is 4.79 Å². The molecule has 34 heavy (non-hydrogen) atoms. The van der Waals surface area contributed by atoms with Crippen LogP contribution in [0.1, 0.15) is 52.3 Å². The van der Waals surface area contributed by atoms with Gasteiger partial charge in [-0.05, 0) is 68.1 Å². The summed E-state index contributed by atoms with van der Waals surface area (Å²) in [6.07, 6.45) is 0.878. The standard InChI is InChI=1S/C24H24Cl2N4O3S/c1-24(2,3)33-23(32)30-9-8-15-12-17(6-5-16(15)13-30)27-21(31)22-29-28-20(34-22)11-14-4-7-18(25)19(26)10-14/h4-7,10,12H,8-9,11,13H2,1-3H3,(H,27,31). The first-order chi connectivity index (χ1) is 16.1. The Balaban J connectivity index is 1.38. The Labute approximate surface area is 212 Å². The van der Waals surface area contributed by atoms with Crippen LogP contribution in [0.15, 0.2) is 36.4 Å². The summed E-state index contributed by atoms with van der Waals surface area (Å²) >= 11 is 13.3. The van der Waals surface area contributed by atoms with Gasteiger partial charge in [-0.2, -0.15) is 0 Å². The number of hydrogen-bond donors (Lipinski definition) is 1. The van der Waals surface area contributed by atoms with Crippen LogP contribution < -0.4 is 5.32 Å². The van der Waals surface area contributed by atoms with E-state index in [0.29, 0.717) is 46.7 Å². The fourth-order valence-electron chi connectivity index (χ4n) is 3.54. The van der Waals surface area contributed by atoms with Gasteiger partial charge in [-0.25, -0.2) is 4.79 Å². The van der Waals surface area contributed by atoms with Gasteiger partial charge in [-0.15, -0.1) is 10.2 Å². The third-order valence-corrected chi connectivity index (χ3v) is 6.79. The molecule has 2 heterocycles. The van der Waals surface area contributed by atoms with Crippen LogP contribution in [-0.2, 0) is 24.1 Å². The van der Waals surface area contributed by atoms with Gasteiger partial charge >= 0.3 is 6.09 Å². The molecule has 0 fully saturated rings. The number of amides is 2. The summed E-state index contributed by atoms with van der Waals surface area (Å²) in [6, 6.07) is 11.1. The maximum absolute atomic E-state index is 12.7. The molecular weight excluding hydrogens is 495 g/mol. The predicted octanol–water partition coefficient (Wildman–Crippen LogP) is 5.98. The first-order valence-corrected chi connectivity index (χ1v) is 12.3. The molecular formula is C24H24Cl2N4O3S. The van der Waals surface area contributed by atoms with E-state index in [9.17, 15) is 9.59 Å². The van der Waals surface area contributed by atoms with Crippen LogP contribution in [0.4, 0.5) is 10.5 Å². The fourth-order valence-corrected chi connectivity index (χ4v) is 4.63. The number of halogens is 2. The number of nitrogens with one attached hydrogen (secondary N) is 1. The maximum Gasteiger partial charge on any atom is 0.410 e. The van der Waals surface area contributed by atoms with Crippen molar-refractivity contribution in [2.24, 2.45) is 0 Å². The lowest BCUT2D eigenvalue weighted by atomic mass is 9.99. The number of benzene rings is 2. The molecule has 0 saturated carbocycles. The van der Waals surface area contributed by atoms with Crippen LogP contribution in [0.2, 0.25) is 10.0 Å². The third-order valence-electron chi connectivity index (χ3n) is 5.13. The van der Waals surface area contributed by atoms with Crippen molar-refractivity contribution in [2.45, 2.75) is 45.8 Å². The molecule has 0 atom stereocenters. The van der Waals surface area contributed by atoms with E-state index < -0.39 is 5.60 Å². The highest BCUT2D eigenvalue weighted by molar-refractivity contribution is 7.13. The van der Waals surface area contributed by atoms with Gasteiger partial charge in [0.25, 0.3) is 5.91 Å². The molecule has 2 amide bonds. The van der Waals surface area contributed by atoms with Gasteiger partial charge in [0.05, 0.1) is 10.0 Å². The maximum atomic E-state index is 12.7.